The number of amidine groups is 4. The predicted octanol–water partition coefficient (Wildman–Crippen LogP) is -1.90. The van der Waals surface area contributed by atoms with Gasteiger partial charge in [0.2, 0.25) is 0 Å². The van der Waals surface area contributed by atoms with Crippen LogP contribution in [-0.2, 0) is 0 Å². The zero-order valence-electron chi connectivity index (χ0n) is 21.5. The number of ether oxygens (including phenoxy) is 2. The molecule has 3 rings (SSSR count). The Kier molecular flexibility index (Phi) is 8.62. The van der Waals surface area contributed by atoms with Crippen molar-refractivity contribution in [1.82, 2.24) is 0 Å². The molecule has 1 aliphatic rings. The highest BCUT2D eigenvalue weighted by Crippen LogP contribution is 2.33. The molecule has 0 unspecified atom stereocenters. The number of nitrogens with one attached hydrogen (secondary N) is 4. The highest BCUT2D eigenvalue weighted by molar-refractivity contribution is 6.03. The molecule has 0 bridgehead atoms. The lowest BCUT2D eigenvalue weighted by atomic mass is 9.86. The van der Waals surface area contributed by atoms with E-state index in [4.69, 9.17) is 77.0 Å². The molecular weight excluding hydrogens is 516 g/mol. The predicted molar refractivity (Wildman–Crippen MR) is 154 cm³/mol. The molecule has 0 saturated heterocycles. The van der Waals surface area contributed by atoms with Crippen LogP contribution >= 0.6 is 0 Å². The molecule has 1 saturated carbocycles. The van der Waals surface area contributed by atoms with Crippen molar-refractivity contribution in [1.29, 1.82) is 21.6 Å². The standard InChI is InChI=1S/C24H34N14O2/c25-19(26)9-1-3-15(11(5-9)21(29)30)39-17-8-18(14(38-24(35)36)7-13(17)37-23(33)34)40-16-4-2-10(20(27)28)6-12(16)22(31)32/h1-6,13-14,17-18H,7-8H2,(H3,25,26)(H3,27,28)(H3,29,30)(H3,31,32)(H4,33,34,37)(H4,35,36,38)/t13-,14+,17-,18+. The molecule has 16 nitrogen and oxygen atoms in total. The average Bonchev–Trinajstić information content (AvgIpc) is 2.85. The van der Waals surface area contributed by atoms with Gasteiger partial charge < -0.3 is 55.3 Å². The summed E-state index contributed by atoms with van der Waals surface area (Å²) in [6, 6.07) is 7.92. The van der Waals surface area contributed by atoms with Gasteiger partial charge in [0.05, 0.1) is 23.2 Å². The van der Waals surface area contributed by atoms with Crippen LogP contribution in [0.2, 0.25) is 0 Å². The number of hydrogen-bond donors (Lipinski definition) is 12. The second-order valence-electron chi connectivity index (χ2n) is 9.10. The van der Waals surface area contributed by atoms with Crippen LogP contribution in [0.5, 0.6) is 11.5 Å². The maximum atomic E-state index is 8.00. The second-order valence-corrected chi connectivity index (χ2v) is 9.10. The SMILES string of the molecule is N=C(N)c1ccc(O[C@H]2C[C@@H](Oc3ccc(C(=N)N)cc3C(=N)N)[C@H](N=C(N)N)C[C@@H]2N=C(N)N)c(C(=N)N)c1. The first-order valence-corrected chi connectivity index (χ1v) is 11.9. The Labute approximate surface area is 229 Å². The van der Waals surface area contributed by atoms with E-state index in [0.717, 1.165) is 0 Å². The Morgan fingerprint density at radius 3 is 1.25 bits per heavy atom. The number of nitrogen functional groups attached to an aromatic ring is 4. The third kappa shape index (κ3) is 6.85. The second kappa shape index (κ2) is 11.9. The average molecular weight is 551 g/mol. The molecule has 1 aliphatic carbocycles. The van der Waals surface area contributed by atoms with Gasteiger partial charge in [-0.15, -0.1) is 0 Å². The highest BCUT2D eigenvalue weighted by Gasteiger charge is 2.41. The molecule has 0 heterocycles. The van der Waals surface area contributed by atoms with E-state index in [2.05, 4.69) is 9.98 Å². The van der Waals surface area contributed by atoms with Crippen LogP contribution in [0.25, 0.3) is 0 Å². The summed E-state index contributed by atoms with van der Waals surface area (Å²) in [6.45, 7) is 0. The van der Waals surface area contributed by atoms with E-state index < -0.39 is 24.3 Å². The van der Waals surface area contributed by atoms with Crippen LogP contribution in [0.3, 0.4) is 0 Å². The van der Waals surface area contributed by atoms with Gasteiger partial charge in [-0.25, -0.2) is 9.98 Å². The Bertz CT molecular complexity index is 1290. The number of benzene rings is 2. The number of rotatable bonds is 10. The molecule has 1 fully saturated rings. The maximum Gasteiger partial charge on any atom is 0.186 e. The first-order chi connectivity index (χ1) is 18.8. The lowest BCUT2D eigenvalue weighted by Crippen LogP contribution is -2.50. The summed E-state index contributed by atoms with van der Waals surface area (Å²) in [7, 11) is 0. The van der Waals surface area contributed by atoms with Gasteiger partial charge in [0.25, 0.3) is 0 Å². The van der Waals surface area contributed by atoms with Crippen molar-refractivity contribution < 1.29 is 9.47 Å². The fourth-order valence-corrected chi connectivity index (χ4v) is 4.35. The summed E-state index contributed by atoms with van der Waals surface area (Å²) in [5.74, 6) is -0.866. The minimum atomic E-state index is -0.712. The number of nitrogens with zero attached hydrogens (tertiary/aromatic N) is 2. The van der Waals surface area contributed by atoms with Crippen molar-refractivity contribution in [2.45, 2.75) is 37.1 Å². The minimum Gasteiger partial charge on any atom is -0.487 e. The minimum absolute atomic E-state index is 0.153. The van der Waals surface area contributed by atoms with E-state index in [9.17, 15) is 0 Å². The first kappa shape index (κ1) is 29.0. The Morgan fingerprint density at radius 1 is 0.575 bits per heavy atom. The van der Waals surface area contributed by atoms with Crippen molar-refractivity contribution in [3.8, 4) is 11.5 Å². The Balaban J connectivity index is 2.05. The fourth-order valence-electron chi connectivity index (χ4n) is 4.35. The molecule has 0 aliphatic heterocycles. The smallest absolute Gasteiger partial charge is 0.186 e. The van der Waals surface area contributed by atoms with Crippen molar-refractivity contribution >= 4 is 35.3 Å². The summed E-state index contributed by atoms with van der Waals surface area (Å²) in [5.41, 5.74) is 46.8. The van der Waals surface area contributed by atoms with Crippen LogP contribution in [0.1, 0.15) is 35.1 Å². The normalized spacial score (nSPS) is 20.0. The summed E-state index contributed by atoms with van der Waals surface area (Å²) in [5, 5.41) is 31.4. The van der Waals surface area contributed by atoms with Crippen LogP contribution in [0.15, 0.2) is 46.4 Å². The Hall–Kier alpha value is -5.54. The quantitative estimate of drug-likeness (QED) is 0.115. The van der Waals surface area contributed by atoms with Crippen molar-refractivity contribution in [2.75, 3.05) is 0 Å². The largest absolute Gasteiger partial charge is 0.487 e. The number of guanidine groups is 2. The summed E-state index contributed by atoms with van der Waals surface area (Å²) < 4.78 is 12.6. The fraction of sp³-hybridized carbons (Fsp3) is 0.250. The van der Waals surface area contributed by atoms with Gasteiger partial charge in [-0.1, -0.05) is 0 Å². The molecule has 212 valence electrons. The van der Waals surface area contributed by atoms with Gasteiger partial charge in [-0.3, -0.25) is 21.6 Å². The highest BCUT2D eigenvalue weighted by atomic mass is 16.5. The van der Waals surface area contributed by atoms with E-state index in [0.29, 0.717) is 11.1 Å². The molecule has 0 spiro atoms. The molecule has 2 aromatic rings. The number of nitrogens with two attached hydrogens (primary N) is 8. The molecule has 4 atom stereocenters. The van der Waals surface area contributed by atoms with Crippen molar-refractivity contribution in [3.05, 3.63) is 58.7 Å². The van der Waals surface area contributed by atoms with Crippen LogP contribution in [0, 0.1) is 21.6 Å². The van der Waals surface area contributed by atoms with Gasteiger partial charge >= 0.3 is 0 Å². The third-order valence-corrected chi connectivity index (χ3v) is 6.15. The first-order valence-electron chi connectivity index (χ1n) is 11.9. The van der Waals surface area contributed by atoms with Crippen LogP contribution < -0.4 is 55.3 Å². The molecule has 20 N–H and O–H groups in total. The van der Waals surface area contributed by atoms with E-state index in [1.165, 1.54) is 12.1 Å². The van der Waals surface area contributed by atoms with Crippen LogP contribution in [-0.4, -0.2) is 59.6 Å². The van der Waals surface area contributed by atoms with Crippen molar-refractivity contribution in [2.24, 2.45) is 55.9 Å². The van der Waals surface area contributed by atoms with Gasteiger partial charge in [0.15, 0.2) is 11.9 Å². The molecule has 16 heteroatoms. The molecular formula is C24H34N14O2. The molecule has 0 aromatic heterocycles. The maximum absolute atomic E-state index is 8.00. The third-order valence-electron chi connectivity index (χ3n) is 6.15. The number of aliphatic imine (C=N–C) groups is 2. The van der Waals surface area contributed by atoms with E-state index in [1.54, 1.807) is 24.3 Å². The van der Waals surface area contributed by atoms with E-state index in [-0.39, 0.29) is 70.7 Å². The lowest BCUT2D eigenvalue weighted by molar-refractivity contribution is 0.0415. The van der Waals surface area contributed by atoms with Gasteiger partial charge in [0, 0.05) is 17.5 Å². The van der Waals surface area contributed by atoms with E-state index >= 15 is 0 Å². The topological polar surface area (TPSA) is 347 Å². The Morgan fingerprint density at radius 2 is 0.950 bits per heavy atom. The van der Waals surface area contributed by atoms with Crippen molar-refractivity contribution in [3.63, 3.8) is 0 Å². The molecule has 2 aromatic carbocycles. The van der Waals surface area contributed by atoms with E-state index in [1.807, 2.05) is 0 Å². The monoisotopic (exact) mass is 550 g/mol. The van der Waals surface area contributed by atoms with Gasteiger partial charge in [0.1, 0.15) is 47.0 Å². The zero-order chi connectivity index (χ0) is 29.7. The zero-order valence-corrected chi connectivity index (χ0v) is 21.5. The molecule has 0 radical (unpaired) electrons. The molecule has 0 amide bonds. The summed E-state index contributed by atoms with van der Waals surface area (Å²) >= 11 is 0. The number of hydrogen-bond acceptors (Lipinski definition) is 8. The summed E-state index contributed by atoms with van der Waals surface area (Å²) in [6.07, 6.45) is -1.07. The lowest BCUT2D eigenvalue weighted by Gasteiger charge is -2.38. The summed E-state index contributed by atoms with van der Waals surface area (Å²) in [4.78, 5) is 8.64. The molecule has 40 heavy (non-hydrogen) atoms. The van der Waals surface area contributed by atoms with Crippen LogP contribution in [0.4, 0.5) is 0 Å². The van der Waals surface area contributed by atoms with Gasteiger partial charge in [-0.05, 0) is 42.8 Å². The van der Waals surface area contributed by atoms with Gasteiger partial charge in [-0.2, -0.15) is 0 Å².